The number of nitrogens with zero attached hydrogens (tertiary/aromatic N) is 1. The molecule has 0 radical (unpaired) electrons. The molecule has 0 bridgehead atoms. The zero-order valence-corrected chi connectivity index (χ0v) is 23.5. The van der Waals surface area contributed by atoms with Gasteiger partial charge in [-0.1, -0.05) is 24.3 Å². The zero-order chi connectivity index (χ0) is 29.9. The first-order valence-electron chi connectivity index (χ1n) is 13.2. The average Bonchev–Trinajstić information content (AvgIpc) is 3.80. The topological polar surface area (TPSA) is 103 Å². The maximum Gasteiger partial charge on any atom is 0.573 e. The number of hydrogen-bond acceptors (Lipinski definition) is 7. The van der Waals surface area contributed by atoms with Crippen molar-refractivity contribution in [2.45, 2.75) is 30.9 Å². The highest BCUT2D eigenvalue weighted by Gasteiger charge is 2.36. The fraction of sp³-hybridized carbons (Fsp3) is 0.345. The van der Waals surface area contributed by atoms with Crippen molar-refractivity contribution in [1.82, 2.24) is 0 Å². The van der Waals surface area contributed by atoms with Gasteiger partial charge in [-0.25, -0.2) is 8.42 Å². The van der Waals surface area contributed by atoms with Crippen LogP contribution in [0.25, 0.3) is 11.1 Å². The van der Waals surface area contributed by atoms with E-state index in [-0.39, 0.29) is 29.9 Å². The lowest BCUT2D eigenvalue weighted by Gasteiger charge is -2.29. The van der Waals surface area contributed by atoms with E-state index in [1.807, 2.05) is 6.07 Å². The van der Waals surface area contributed by atoms with E-state index in [0.29, 0.717) is 55.8 Å². The predicted octanol–water partition coefficient (Wildman–Crippen LogP) is 5.36. The second-order valence-corrected chi connectivity index (χ2v) is 11.8. The molecular formula is C29H29F3N2O7S. The number of ether oxygens (including phenoxy) is 4. The molecule has 0 spiro atoms. The Hall–Kier alpha value is -3.81. The van der Waals surface area contributed by atoms with E-state index in [1.54, 1.807) is 42.3 Å². The summed E-state index contributed by atoms with van der Waals surface area (Å²) in [6, 6.07) is 15.6. The van der Waals surface area contributed by atoms with Gasteiger partial charge in [0.25, 0.3) is 5.91 Å². The number of anilines is 2. The van der Waals surface area contributed by atoms with Crippen molar-refractivity contribution in [1.29, 1.82) is 0 Å². The van der Waals surface area contributed by atoms with E-state index in [0.717, 1.165) is 11.1 Å². The molecule has 0 saturated heterocycles. The smallest absolute Gasteiger partial charge is 0.465 e. The summed E-state index contributed by atoms with van der Waals surface area (Å²) in [7, 11) is -2.06. The quantitative estimate of drug-likeness (QED) is 0.219. The third kappa shape index (κ3) is 7.15. The number of halogens is 3. The number of nitrogens with one attached hydrogen (secondary N) is 1. The molecule has 0 atom stereocenters. The van der Waals surface area contributed by atoms with Gasteiger partial charge in [-0.15, -0.1) is 13.2 Å². The van der Waals surface area contributed by atoms with Crippen LogP contribution in [0.2, 0.25) is 0 Å². The van der Waals surface area contributed by atoms with Gasteiger partial charge in [0.15, 0.2) is 6.79 Å². The van der Waals surface area contributed by atoms with Crippen molar-refractivity contribution < 1.29 is 45.3 Å². The summed E-state index contributed by atoms with van der Waals surface area (Å²) in [5.74, 6) is -0.310. The van der Waals surface area contributed by atoms with E-state index < -0.39 is 21.6 Å². The van der Waals surface area contributed by atoms with Crippen LogP contribution in [-0.4, -0.2) is 59.6 Å². The van der Waals surface area contributed by atoms with E-state index in [2.05, 4.69) is 9.46 Å². The number of benzene rings is 3. The van der Waals surface area contributed by atoms with E-state index in [4.69, 9.17) is 14.2 Å². The average molecular weight is 607 g/mol. The number of carbonyl (C=O) groups excluding carboxylic acids is 1. The van der Waals surface area contributed by atoms with Gasteiger partial charge in [0.2, 0.25) is 10.0 Å². The van der Waals surface area contributed by atoms with E-state index in [1.165, 1.54) is 24.3 Å². The van der Waals surface area contributed by atoms with Gasteiger partial charge >= 0.3 is 6.36 Å². The maximum absolute atomic E-state index is 13.5. The standard InChI is InChI=1S/C29H29F3N2O7S/c1-38-14-15-39-18-40-27-11-5-22(17-26(27)33-42(36,37)24-8-9-24)34-13-12-21-16-20(4-10-25(21)28(34)35)19-2-6-23(7-3-19)41-29(30,31)32/h2-7,10-11,16-17,24,33H,8-9,12-15,18H2,1H3. The number of carbonyl (C=O) groups is 1. The number of amides is 1. The number of methoxy groups -OCH3 is 1. The molecule has 224 valence electrons. The first kappa shape index (κ1) is 29.7. The Labute approximate surface area is 241 Å². The van der Waals surface area contributed by atoms with Gasteiger partial charge in [-0.3, -0.25) is 9.52 Å². The third-order valence-electron chi connectivity index (χ3n) is 6.83. The first-order chi connectivity index (χ1) is 20.0. The van der Waals surface area contributed by atoms with Crippen molar-refractivity contribution in [3.8, 4) is 22.6 Å². The monoisotopic (exact) mass is 606 g/mol. The normalized spacial score (nSPS) is 15.3. The summed E-state index contributed by atoms with van der Waals surface area (Å²) >= 11 is 0. The van der Waals surface area contributed by atoms with Crippen LogP contribution in [-0.2, 0) is 25.9 Å². The maximum atomic E-state index is 13.5. The van der Waals surface area contributed by atoms with Gasteiger partial charge in [0.1, 0.15) is 11.5 Å². The fourth-order valence-corrected chi connectivity index (χ4v) is 5.97. The lowest BCUT2D eigenvalue weighted by Crippen LogP contribution is -2.37. The molecule has 13 heteroatoms. The Bertz CT molecular complexity index is 1540. The highest BCUT2D eigenvalue weighted by atomic mass is 32.2. The highest BCUT2D eigenvalue weighted by molar-refractivity contribution is 7.93. The van der Waals surface area contributed by atoms with Crippen molar-refractivity contribution >= 4 is 27.3 Å². The van der Waals surface area contributed by atoms with Crippen LogP contribution < -0.4 is 19.1 Å². The summed E-state index contributed by atoms with van der Waals surface area (Å²) in [5, 5.41) is -0.460. The fourth-order valence-electron chi connectivity index (χ4n) is 4.58. The van der Waals surface area contributed by atoms with Crippen molar-refractivity contribution in [3.63, 3.8) is 0 Å². The van der Waals surface area contributed by atoms with Gasteiger partial charge in [0, 0.05) is 24.9 Å². The Balaban J connectivity index is 1.34. The van der Waals surface area contributed by atoms with E-state index in [9.17, 15) is 26.4 Å². The van der Waals surface area contributed by atoms with Crippen LogP contribution in [0.5, 0.6) is 11.5 Å². The molecule has 1 aliphatic heterocycles. The van der Waals surface area contributed by atoms with Gasteiger partial charge in [0.05, 0.1) is 24.2 Å². The summed E-state index contributed by atoms with van der Waals surface area (Å²) < 4.78 is 85.4. The molecule has 1 aliphatic carbocycles. The van der Waals surface area contributed by atoms with Crippen LogP contribution in [0, 0.1) is 0 Å². The first-order valence-corrected chi connectivity index (χ1v) is 14.7. The molecule has 1 saturated carbocycles. The third-order valence-corrected chi connectivity index (χ3v) is 8.68. The lowest BCUT2D eigenvalue weighted by molar-refractivity contribution is -0.274. The van der Waals surface area contributed by atoms with Crippen LogP contribution in [0.15, 0.2) is 60.7 Å². The molecular weight excluding hydrogens is 577 g/mol. The molecule has 42 heavy (non-hydrogen) atoms. The summed E-state index contributed by atoms with van der Waals surface area (Å²) in [6.07, 6.45) is -3.09. The predicted molar refractivity (Wildman–Crippen MR) is 149 cm³/mol. The molecule has 0 aromatic heterocycles. The number of fused-ring (bicyclic) bond motifs is 1. The Morgan fingerprint density at radius 3 is 2.40 bits per heavy atom. The minimum Gasteiger partial charge on any atom is -0.465 e. The van der Waals surface area contributed by atoms with E-state index >= 15 is 0 Å². The number of sulfonamides is 1. The van der Waals surface area contributed by atoms with Crippen LogP contribution in [0.1, 0.15) is 28.8 Å². The number of alkyl halides is 3. The summed E-state index contributed by atoms with van der Waals surface area (Å²) in [4.78, 5) is 15.1. The zero-order valence-electron chi connectivity index (χ0n) is 22.6. The molecule has 1 heterocycles. The van der Waals surface area contributed by atoms with Crippen LogP contribution in [0.4, 0.5) is 24.5 Å². The molecule has 3 aromatic carbocycles. The Morgan fingerprint density at radius 1 is 0.976 bits per heavy atom. The van der Waals surface area contributed by atoms with Gasteiger partial charge in [-0.2, -0.15) is 0 Å². The summed E-state index contributed by atoms with van der Waals surface area (Å²) in [5.41, 5.74) is 3.41. The molecule has 9 nitrogen and oxygen atoms in total. The Morgan fingerprint density at radius 2 is 1.71 bits per heavy atom. The molecule has 0 unspecified atom stereocenters. The SMILES string of the molecule is COCCOCOc1ccc(N2CCc3cc(-c4ccc(OC(F)(F)F)cc4)ccc3C2=O)cc1NS(=O)(=O)C1CC1. The van der Waals surface area contributed by atoms with Gasteiger partial charge in [-0.05, 0) is 72.4 Å². The molecule has 3 aromatic rings. The number of rotatable bonds is 12. The minimum absolute atomic E-state index is 0.114. The van der Waals surface area contributed by atoms with Crippen molar-refractivity contribution in [2.24, 2.45) is 0 Å². The van der Waals surface area contributed by atoms with Crippen LogP contribution >= 0.6 is 0 Å². The van der Waals surface area contributed by atoms with Crippen molar-refractivity contribution in [3.05, 3.63) is 71.8 Å². The minimum atomic E-state index is -4.77. The van der Waals surface area contributed by atoms with Crippen molar-refractivity contribution in [2.75, 3.05) is 43.3 Å². The van der Waals surface area contributed by atoms with Crippen LogP contribution in [0.3, 0.4) is 0 Å². The lowest BCUT2D eigenvalue weighted by atomic mass is 9.93. The molecule has 2 aliphatic rings. The molecule has 1 amide bonds. The summed E-state index contributed by atoms with van der Waals surface area (Å²) in [6.45, 7) is 0.908. The highest BCUT2D eigenvalue weighted by Crippen LogP contribution is 2.37. The second-order valence-electron chi connectivity index (χ2n) is 9.84. The Kier molecular flexibility index (Phi) is 8.62. The number of hydrogen-bond donors (Lipinski definition) is 1. The second kappa shape index (κ2) is 12.2. The molecule has 1 N–H and O–H groups in total. The largest absolute Gasteiger partial charge is 0.573 e. The molecule has 5 rings (SSSR count). The van der Waals surface area contributed by atoms with Gasteiger partial charge < -0.3 is 23.8 Å². The molecule has 1 fully saturated rings.